The zero-order valence-corrected chi connectivity index (χ0v) is 14.1. The van der Waals surface area contributed by atoms with Crippen LogP contribution in [0, 0.1) is 6.92 Å². The van der Waals surface area contributed by atoms with Crippen molar-refractivity contribution in [2.75, 3.05) is 38.7 Å². The van der Waals surface area contributed by atoms with Crippen molar-refractivity contribution in [3.63, 3.8) is 0 Å². The number of nitrogens with zero attached hydrogens (tertiary/aromatic N) is 2. The molecule has 1 rings (SSSR count). The summed E-state index contributed by atoms with van der Waals surface area (Å²) >= 11 is 0. The van der Waals surface area contributed by atoms with Gasteiger partial charge >= 0.3 is 6.09 Å². The molecule has 0 radical (unpaired) electrons. The molecule has 5 nitrogen and oxygen atoms in total. The summed E-state index contributed by atoms with van der Waals surface area (Å²) < 4.78 is 5.12. The van der Waals surface area contributed by atoms with Gasteiger partial charge in [0.1, 0.15) is 5.82 Å². The summed E-state index contributed by atoms with van der Waals surface area (Å²) in [6.07, 6.45) is 1.70. The Morgan fingerprint density at radius 1 is 1.33 bits per heavy atom. The van der Waals surface area contributed by atoms with E-state index in [1.807, 2.05) is 32.0 Å². The average Bonchev–Trinajstić information content (AvgIpc) is 2.38. The molecule has 1 amide bonds. The molecule has 1 heterocycles. The summed E-state index contributed by atoms with van der Waals surface area (Å²) in [6.45, 7) is 5.85. The fourth-order valence-corrected chi connectivity index (χ4v) is 1.93. The maximum atomic E-state index is 12.0. The van der Waals surface area contributed by atoms with Crippen molar-refractivity contribution >= 4 is 11.9 Å². The molecule has 1 N–H and O–H groups in total. The van der Waals surface area contributed by atoms with Crippen molar-refractivity contribution < 1.29 is 26.8 Å². The molecule has 1 aromatic rings. The molecular weight excluding hydrogens is 290 g/mol. The van der Waals surface area contributed by atoms with Crippen LogP contribution >= 0.6 is 0 Å². The minimum atomic E-state index is -0.317. The Morgan fingerprint density at radius 2 is 2.05 bits per heavy atom. The molecule has 0 aromatic carbocycles. The molecule has 0 saturated carbocycles. The van der Waals surface area contributed by atoms with Gasteiger partial charge in [0.25, 0.3) is 0 Å². The van der Waals surface area contributed by atoms with Crippen LogP contribution in [0.4, 0.5) is 10.6 Å². The number of rotatable bonds is 7. The smallest absolute Gasteiger partial charge is 0.415 e. The van der Waals surface area contributed by atoms with Gasteiger partial charge in [-0.25, -0.2) is 9.78 Å². The average molecular weight is 316 g/mol. The lowest BCUT2D eigenvalue weighted by Gasteiger charge is -2.21. The Morgan fingerprint density at radius 3 is 2.62 bits per heavy atom. The predicted molar refractivity (Wildman–Crippen MR) is 80.3 cm³/mol. The van der Waals surface area contributed by atoms with Gasteiger partial charge in [-0.1, -0.05) is 6.07 Å². The number of pyridine rings is 1. The number of aryl methyl sites for hydroxylation is 1. The Kier molecular flexibility index (Phi) is 9.75. The van der Waals surface area contributed by atoms with Crippen LogP contribution in [0.2, 0.25) is 0 Å². The molecule has 0 aliphatic heterocycles. The van der Waals surface area contributed by atoms with E-state index in [1.165, 1.54) is 4.90 Å². The van der Waals surface area contributed by atoms with Gasteiger partial charge in [0.05, 0.1) is 27.2 Å². The first-order chi connectivity index (χ1) is 9.54. The highest BCUT2D eigenvalue weighted by Crippen LogP contribution is 2.13. The van der Waals surface area contributed by atoms with Gasteiger partial charge in [-0.05, 0) is 38.8 Å². The summed E-state index contributed by atoms with van der Waals surface area (Å²) in [5.41, 5.74) is 0.898. The number of anilines is 1. The maximum Gasteiger partial charge on any atom is 0.415 e. The van der Waals surface area contributed by atoms with E-state index < -0.39 is 0 Å². The first-order valence-electron chi connectivity index (χ1n) is 7.21. The molecule has 0 bridgehead atoms. The van der Waals surface area contributed by atoms with Gasteiger partial charge in [-0.15, -0.1) is 0 Å². The molecule has 0 unspecified atom stereocenters. The van der Waals surface area contributed by atoms with Crippen molar-refractivity contribution in [1.82, 2.24) is 4.98 Å². The van der Waals surface area contributed by atoms with Gasteiger partial charge in [0.2, 0.25) is 0 Å². The number of carbonyl (C=O) groups is 1. The second-order valence-corrected chi connectivity index (χ2v) is 5.15. The van der Waals surface area contributed by atoms with Crippen molar-refractivity contribution in [2.45, 2.75) is 26.7 Å². The zero-order valence-electron chi connectivity index (χ0n) is 13.4. The highest BCUT2D eigenvalue weighted by Gasteiger charge is 2.17. The number of unbranched alkanes of at least 4 members (excludes halogenated alkanes) is 1. The van der Waals surface area contributed by atoms with Gasteiger partial charge in [0.15, 0.2) is 0 Å². The number of aromatic nitrogens is 1. The minimum absolute atomic E-state index is 0. The summed E-state index contributed by atoms with van der Waals surface area (Å²) in [4.78, 5) is 19.5. The predicted octanol–water partition coefficient (Wildman–Crippen LogP) is -1.72. The third-order valence-electron chi connectivity index (χ3n) is 2.95. The molecule has 0 saturated heterocycles. The van der Waals surface area contributed by atoms with E-state index in [1.54, 1.807) is 4.90 Å². The summed E-state index contributed by atoms with van der Waals surface area (Å²) in [5, 5.41) is 0. The van der Waals surface area contributed by atoms with Crippen molar-refractivity contribution in [3.05, 3.63) is 23.9 Å². The summed E-state index contributed by atoms with van der Waals surface area (Å²) in [5.74, 6) is 0.667. The van der Waals surface area contributed by atoms with E-state index >= 15 is 0 Å². The third kappa shape index (κ3) is 7.29. The molecule has 6 heteroatoms. The van der Waals surface area contributed by atoms with Crippen LogP contribution in [0.15, 0.2) is 18.2 Å². The van der Waals surface area contributed by atoms with Gasteiger partial charge < -0.3 is 22.0 Å². The molecule has 120 valence electrons. The van der Waals surface area contributed by atoms with Crippen LogP contribution in [-0.2, 0) is 4.74 Å². The number of halogens is 1. The van der Waals surface area contributed by atoms with Crippen molar-refractivity contribution in [2.24, 2.45) is 0 Å². The Hall–Kier alpha value is -1.33. The minimum Gasteiger partial charge on any atom is -1.00 e. The van der Waals surface area contributed by atoms with Crippen LogP contribution in [-0.4, -0.2) is 44.9 Å². The van der Waals surface area contributed by atoms with E-state index in [2.05, 4.69) is 19.1 Å². The number of hydrogen-bond donors (Lipinski definition) is 1. The number of amides is 1. The maximum absolute atomic E-state index is 12.0. The molecule has 0 aliphatic carbocycles. The van der Waals surface area contributed by atoms with E-state index in [-0.39, 0.29) is 18.5 Å². The van der Waals surface area contributed by atoms with Crippen LogP contribution in [0.5, 0.6) is 0 Å². The summed E-state index contributed by atoms with van der Waals surface area (Å²) in [7, 11) is 4.26. The standard InChI is InChI=1S/C15H25N3O2.ClH/c1-5-20-15(19)18(12-7-6-11-17(3)4)14-10-8-9-13(2)16-14;/h8-10H,5-7,11-12H2,1-4H3;1H. The number of hydrogen-bond acceptors (Lipinski definition) is 3. The van der Waals surface area contributed by atoms with Gasteiger partial charge in [-0.3, -0.25) is 4.90 Å². The molecule has 0 atom stereocenters. The number of carbonyl (C=O) groups excluding carboxylic acids is 1. The highest BCUT2D eigenvalue weighted by molar-refractivity contribution is 5.86. The van der Waals surface area contributed by atoms with E-state index in [0.717, 1.165) is 25.1 Å². The highest BCUT2D eigenvalue weighted by atomic mass is 35.5. The van der Waals surface area contributed by atoms with Crippen LogP contribution < -0.4 is 22.2 Å². The monoisotopic (exact) mass is 315 g/mol. The second kappa shape index (κ2) is 10.4. The Balaban J connectivity index is 0.00000400. The molecule has 21 heavy (non-hydrogen) atoms. The van der Waals surface area contributed by atoms with Crippen LogP contribution in [0.1, 0.15) is 25.5 Å². The van der Waals surface area contributed by atoms with Gasteiger partial charge in [-0.2, -0.15) is 0 Å². The van der Waals surface area contributed by atoms with Crippen LogP contribution in [0.25, 0.3) is 0 Å². The Labute approximate surface area is 133 Å². The van der Waals surface area contributed by atoms with E-state index in [9.17, 15) is 4.79 Å². The fraction of sp³-hybridized carbons (Fsp3) is 0.600. The quantitative estimate of drug-likeness (QED) is 0.609. The van der Waals surface area contributed by atoms with E-state index in [4.69, 9.17) is 4.74 Å². The third-order valence-corrected chi connectivity index (χ3v) is 2.95. The normalized spacial score (nSPS) is 10.1. The zero-order chi connectivity index (χ0) is 15.0. The van der Waals surface area contributed by atoms with Crippen molar-refractivity contribution in [1.29, 1.82) is 0 Å². The van der Waals surface area contributed by atoms with Crippen LogP contribution in [0.3, 0.4) is 0 Å². The molecule has 0 aliphatic rings. The summed E-state index contributed by atoms with van der Waals surface area (Å²) in [6, 6.07) is 5.68. The number of ether oxygens (including phenoxy) is 1. The SMILES string of the molecule is CCOC(=O)N(CCCC[NH+](C)C)c1cccc(C)n1.[Cl-]. The lowest BCUT2D eigenvalue weighted by atomic mass is 10.2. The van der Waals surface area contributed by atoms with E-state index in [0.29, 0.717) is 19.0 Å². The first kappa shape index (κ1) is 19.7. The molecule has 0 spiro atoms. The molecular formula is C15H26ClN3O2. The second-order valence-electron chi connectivity index (χ2n) is 5.15. The lowest BCUT2D eigenvalue weighted by molar-refractivity contribution is -0.858. The lowest BCUT2D eigenvalue weighted by Crippen LogP contribution is -3.05. The largest absolute Gasteiger partial charge is 1.00 e. The first-order valence-corrected chi connectivity index (χ1v) is 7.21. The van der Waals surface area contributed by atoms with Gasteiger partial charge in [0, 0.05) is 12.2 Å². The Bertz CT molecular complexity index is 427. The number of nitrogens with one attached hydrogen (secondary N) is 1. The molecule has 1 aromatic heterocycles. The fourth-order valence-electron chi connectivity index (χ4n) is 1.93. The van der Waals surface area contributed by atoms with Crippen molar-refractivity contribution in [3.8, 4) is 0 Å². The topological polar surface area (TPSA) is 46.9 Å². The number of quaternary nitrogens is 1. The molecule has 0 fully saturated rings.